The lowest BCUT2D eigenvalue weighted by atomic mass is 9.97. The van der Waals surface area contributed by atoms with E-state index in [0.717, 1.165) is 5.56 Å². The first-order valence-corrected chi connectivity index (χ1v) is 7.15. The smallest absolute Gasteiger partial charge is 0.232 e. The summed E-state index contributed by atoms with van der Waals surface area (Å²) < 4.78 is 21.0. The summed E-state index contributed by atoms with van der Waals surface area (Å²) in [6.07, 6.45) is 0. The number of nitrogens with zero attached hydrogens (tertiary/aromatic N) is 2. The predicted octanol–water partition coefficient (Wildman–Crippen LogP) is 3.03. The van der Waals surface area contributed by atoms with Gasteiger partial charge < -0.3 is 18.7 Å². The van der Waals surface area contributed by atoms with Crippen molar-refractivity contribution in [1.29, 1.82) is 0 Å². The number of benzene rings is 1. The average Bonchev–Trinajstić information content (AvgIpc) is 2.97. The molecule has 6 heteroatoms. The molecule has 0 N–H and O–H groups in total. The predicted molar refractivity (Wildman–Crippen MR) is 81.8 cm³/mol. The maximum atomic E-state index is 5.52. The van der Waals surface area contributed by atoms with E-state index in [9.17, 15) is 0 Å². The molecule has 2 rings (SSSR count). The summed E-state index contributed by atoms with van der Waals surface area (Å²) >= 11 is 0. The largest absolute Gasteiger partial charge is 0.468 e. The second kappa shape index (κ2) is 7.38. The zero-order chi connectivity index (χ0) is 16.0. The minimum atomic E-state index is -0.172. The molecule has 0 unspecified atom stereocenters. The molecule has 1 heterocycles. The second-order valence-corrected chi connectivity index (χ2v) is 5.86. The molecule has 0 bridgehead atoms. The number of aromatic nitrogens is 2. The molecule has 22 heavy (non-hydrogen) atoms. The molecule has 0 radical (unpaired) electrons. The van der Waals surface area contributed by atoms with Crippen molar-refractivity contribution in [2.24, 2.45) is 0 Å². The molecule has 0 aliphatic carbocycles. The Morgan fingerprint density at radius 3 is 2.68 bits per heavy atom. The van der Waals surface area contributed by atoms with Gasteiger partial charge >= 0.3 is 0 Å². The van der Waals surface area contributed by atoms with Crippen molar-refractivity contribution in [1.82, 2.24) is 10.1 Å². The van der Waals surface area contributed by atoms with Crippen molar-refractivity contribution in [3.8, 4) is 17.1 Å². The fraction of sp³-hybridized carbons (Fsp3) is 0.500. The van der Waals surface area contributed by atoms with Crippen molar-refractivity contribution in [2.75, 3.05) is 27.1 Å². The Hall–Kier alpha value is -1.92. The molecule has 0 atom stereocenters. The topological polar surface area (TPSA) is 66.6 Å². The highest BCUT2D eigenvalue weighted by atomic mass is 16.7. The third-order valence-electron chi connectivity index (χ3n) is 2.90. The fourth-order valence-corrected chi connectivity index (χ4v) is 1.68. The van der Waals surface area contributed by atoms with Crippen LogP contribution < -0.4 is 4.74 Å². The van der Waals surface area contributed by atoms with E-state index in [4.69, 9.17) is 18.7 Å². The van der Waals surface area contributed by atoms with Crippen LogP contribution in [0.4, 0.5) is 0 Å². The van der Waals surface area contributed by atoms with E-state index in [1.807, 2.05) is 45.0 Å². The van der Waals surface area contributed by atoms with Crippen LogP contribution in [-0.2, 0) is 14.9 Å². The summed E-state index contributed by atoms with van der Waals surface area (Å²) in [5.74, 6) is 1.85. The summed E-state index contributed by atoms with van der Waals surface area (Å²) in [6.45, 7) is 7.30. The van der Waals surface area contributed by atoms with Crippen LogP contribution >= 0.6 is 0 Å². The quantitative estimate of drug-likeness (QED) is 0.578. The minimum Gasteiger partial charge on any atom is -0.468 e. The maximum Gasteiger partial charge on any atom is 0.232 e. The molecule has 2 aromatic rings. The van der Waals surface area contributed by atoms with E-state index in [1.165, 1.54) is 0 Å². The molecule has 120 valence electrons. The van der Waals surface area contributed by atoms with Crippen LogP contribution in [0, 0.1) is 0 Å². The lowest BCUT2D eigenvalue weighted by molar-refractivity contribution is -0.00845. The third-order valence-corrected chi connectivity index (χ3v) is 2.90. The summed E-state index contributed by atoms with van der Waals surface area (Å²) in [7, 11) is 1.63. The van der Waals surface area contributed by atoms with E-state index >= 15 is 0 Å². The first-order chi connectivity index (χ1) is 10.5. The number of rotatable bonds is 7. The number of ether oxygens (including phenoxy) is 3. The molecule has 0 saturated carbocycles. The Morgan fingerprint density at radius 2 is 2.00 bits per heavy atom. The van der Waals surface area contributed by atoms with E-state index in [2.05, 4.69) is 10.1 Å². The molecule has 0 fully saturated rings. The van der Waals surface area contributed by atoms with Crippen LogP contribution in [0.1, 0.15) is 26.7 Å². The monoisotopic (exact) mass is 306 g/mol. The van der Waals surface area contributed by atoms with E-state index < -0.39 is 0 Å². The highest BCUT2D eigenvalue weighted by Gasteiger charge is 2.22. The number of methoxy groups -OCH3 is 1. The Balaban J connectivity index is 2.00. The van der Waals surface area contributed by atoms with Gasteiger partial charge in [0.1, 0.15) is 5.75 Å². The van der Waals surface area contributed by atoms with Crippen molar-refractivity contribution in [2.45, 2.75) is 26.2 Å². The van der Waals surface area contributed by atoms with E-state index in [0.29, 0.717) is 30.7 Å². The Kier molecular flexibility index (Phi) is 5.51. The normalized spacial score (nSPS) is 11.6. The van der Waals surface area contributed by atoms with Gasteiger partial charge in [0.15, 0.2) is 6.79 Å². The van der Waals surface area contributed by atoms with Gasteiger partial charge in [-0.2, -0.15) is 4.98 Å². The van der Waals surface area contributed by atoms with Crippen molar-refractivity contribution >= 4 is 0 Å². The van der Waals surface area contributed by atoms with Gasteiger partial charge in [-0.05, 0) is 12.1 Å². The van der Waals surface area contributed by atoms with E-state index in [-0.39, 0.29) is 12.2 Å². The Labute approximate surface area is 130 Å². The average molecular weight is 306 g/mol. The summed E-state index contributed by atoms with van der Waals surface area (Å²) in [5.41, 5.74) is 0.669. The lowest BCUT2D eigenvalue weighted by Crippen LogP contribution is -2.11. The van der Waals surface area contributed by atoms with Gasteiger partial charge in [0.05, 0.1) is 13.2 Å². The van der Waals surface area contributed by atoms with Crippen molar-refractivity contribution in [3.05, 3.63) is 30.2 Å². The molecule has 0 amide bonds. The second-order valence-electron chi connectivity index (χ2n) is 5.86. The number of hydrogen-bond donors (Lipinski definition) is 0. The zero-order valence-electron chi connectivity index (χ0n) is 13.5. The van der Waals surface area contributed by atoms with Gasteiger partial charge in [-0.15, -0.1) is 0 Å². The first-order valence-electron chi connectivity index (χ1n) is 7.15. The van der Waals surface area contributed by atoms with Gasteiger partial charge in [0.25, 0.3) is 0 Å². The van der Waals surface area contributed by atoms with Crippen LogP contribution in [0.15, 0.2) is 28.8 Å². The molecule has 0 aliphatic heterocycles. The summed E-state index contributed by atoms with van der Waals surface area (Å²) in [6, 6.07) is 7.51. The van der Waals surface area contributed by atoms with Gasteiger partial charge in [0.2, 0.25) is 11.7 Å². The van der Waals surface area contributed by atoms with E-state index in [1.54, 1.807) is 7.11 Å². The SMILES string of the molecule is COCCOCOc1cccc(-c2noc(C(C)(C)C)n2)c1. The minimum absolute atomic E-state index is 0.172. The highest BCUT2D eigenvalue weighted by Crippen LogP contribution is 2.25. The zero-order valence-corrected chi connectivity index (χ0v) is 13.5. The molecular formula is C16H22N2O4. The molecule has 0 spiro atoms. The van der Waals surface area contributed by atoms with Crippen molar-refractivity contribution < 1.29 is 18.7 Å². The van der Waals surface area contributed by atoms with Crippen LogP contribution in [0.25, 0.3) is 11.4 Å². The maximum absolute atomic E-state index is 5.52. The molecule has 6 nitrogen and oxygen atoms in total. The first kappa shape index (κ1) is 16.5. The highest BCUT2D eigenvalue weighted by molar-refractivity contribution is 5.56. The van der Waals surface area contributed by atoms with Gasteiger partial charge in [-0.25, -0.2) is 0 Å². The molecule has 1 aromatic heterocycles. The van der Waals surface area contributed by atoms with Gasteiger partial charge in [-0.3, -0.25) is 0 Å². The van der Waals surface area contributed by atoms with Crippen molar-refractivity contribution in [3.63, 3.8) is 0 Å². The van der Waals surface area contributed by atoms with Crippen LogP contribution in [0.3, 0.4) is 0 Å². The van der Waals surface area contributed by atoms with Crippen LogP contribution in [0.5, 0.6) is 5.75 Å². The Morgan fingerprint density at radius 1 is 1.18 bits per heavy atom. The standard InChI is InChI=1S/C16H22N2O4/c1-16(2,3)15-17-14(18-22-15)12-6-5-7-13(10-12)21-11-20-9-8-19-4/h5-7,10H,8-9,11H2,1-4H3. The fourth-order valence-electron chi connectivity index (χ4n) is 1.68. The summed E-state index contributed by atoms with van der Waals surface area (Å²) in [5, 5.41) is 4.03. The molecule has 0 saturated heterocycles. The molecule has 1 aromatic carbocycles. The lowest BCUT2D eigenvalue weighted by Gasteiger charge is -2.10. The summed E-state index contributed by atoms with van der Waals surface area (Å²) in [4.78, 5) is 4.43. The molecular weight excluding hydrogens is 284 g/mol. The van der Waals surface area contributed by atoms with Gasteiger partial charge in [-0.1, -0.05) is 38.1 Å². The van der Waals surface area contributed by atoms with Crippen LogP contribution in [-0.4, -0.2) is 37.3 Å². The van der Waals surface area contributed by atoms with Crippen LogP contribution in [0.2, 0.25) is 0 Å². The molecule has 0 aliphatic rings. The third kappa shape index (κ3) is 4.54. The van der Waals surface area contributed by atoms with Gasteiger partial charge in [0, 0.05) is 18.1 Å². The Bertz CT molecular complexity index is 590. The number of hydrogen-bond acceptors (Lipinski definition) is 6.